The lowest BCUT2D eigenvalue weighted by atomic mass is 10.4. The first-order chi connectivity index (χ1) is 10.0. The van der Waals surface area contributed by atoms with Gasteiger partial charge in [0, 0.05) is 18.1 Å². The highest BCUT2D eigenvalue weighted by Gasteiger charge is 2.13. The molecular weight excluding hydrogens is 296 g/mol. The van der Waals surface area contributed by atoms with Gasteiger partial charge in [-0.1, -0.05) is 0 Å². The fourth-order valence-corrected chi connectivity index (χ4v) is 2.65. The Labute approximate surface area is 124 Å². The quantitative estimate of drug-likeness (QED) is 0.452. The molecule has 0 aliphatic heterocycles. The van der Waals surface area contributed by atoms with Crippen molar-refractivity contribution >= 4 is 34.8 Å². The van der Waals surface area contributed by atoms with E-state index in [0.29, 0.717) is 29.2 Å². The van der Waals surface area contributed by atoms with Crippen molar-refractivity contribution in [3.63, 3.8) is 0 Å². The highest BCUT2D eigenvalue weighted by atomic mass is 32.2. The van der Waals surface area contributed by atoms with Crippen LogP contribution in [0.5, 0.6) is 0 Å². The molecule has 0 saturated heterocycles. The zero-order valence-corrected chi connectivity index (χ0v) is 12.2. The minimum absolute atomic E-state index is 0.0381. The Morgan fingerprint density at radius 3 is 3.10 bits per heavy atom. The number of thioether (sulfide) groups is 1. The molecule has 21 heavy (non-hydrogen) atoms. The zero-order chi connectivity index (χ0) is 15.4. The van der Waals surface area contributed by atoms with Gasteiger partial charge in [-0.2, -0.15) is 16.7 Å². The van der Waals surface area contributed by atoms with E-state index in [2.05, 4.69) is 19.7 Å². The Balaban J connectivity index is 1.96. The van der Waals surface area contributed by atoms with Crippen LogP contribution in [0.15, 0.2) is 11.1 Å². The normalized spacial score (nSPS) is 12.5. The van der Waals surface area contributed by atoms with Crippen molar-refractivity contribution in [3.05, 3.63) is 16.7 Å². The van der Waals surface area contributed by atoms with Gasteiger partial charge in [0.05, 0.1) is 13.4 Å². The van der Waals surface area contributed by atoms with Gasteiger partial charge in [0.1, 0.15) is 6.04 Å². The molecule has 0 aliphatic carbocycles. The van der Waals surface area contributed by atoms with Gasteiger partial charge in [0.2, 0.25) is 5.95 Å². The fraction of sp³-hybridized carbons (Fsp3) is 0.455. The molecule has 0 saturated carbocycles. The maximum atomic E-state index is 11.8. The first-order valence-electron chi connectivity index (χ1n) is 6.14. The predicted molar refractivity (Wildman–Crippen MR) is 79.9 cm³/mol. The van der Waals surface area contributed by atoms with E-state index in [9.17, 15) is 9.59 Å². The first-order valence-corrected chi connectivity index (χ1v) is 7.30. The van der Waals surface area contributed by atoms with Crippen molar-refractivity contribution in [3.8, 4) is 0 Å². The molecule has 0 amide bonds. The van der Waals surface area contributed by atoms with E-state index in [1.165, 1.54) is 25.2 Å². The van der Waals surface area contributed by atoms with Crippen molar-refractivity contribution in [2.75, 3.05) is 24.3 Å². The van der Waals surface area contributed by atoms with Gasteiger partial charge in [-0.05, 0) is 0 Å². The topological polar surface area (TPSA) is 142 Å². The number of hydrogen-bond acceptors (Lipinski definition) is 8. The van der Waals surface area contributed by atoms with E-state index in [0.717, 1.165) is 0 Å². The second-order valence-corrected chi connectivity index (χ2v) is 5.42. The average Bonchev–Trinajstić information content (AvgIpc) is 2.85. The fourth-order valence-electron chi connectivity index (χ4n) is 1.77. The van der Waals surface area contributed by atoms with E-state index < -0.39 is 12.0 Å². The van der Waals surface area contributed by atoms with Crippen LogP contribution in [0.2, 0.25) is 0 Å². The Morgan fingerprint density at radius 2 is 2.38 bits per heavy atom. The number of imidazole rings is 1. The standard InChI is InChI=1S/C11H16N6O3S/c1-20-10(19)6(12)4-21-3-2-17-5-14-8-7(17)9(18)16-11(13)15-8/h5-6H,2-4,12H2,1H3,(H3,13,15,16,18)/t6-/m0/s1. The monoisotopic (exact) mass is 312 g/mol. The van der Waals surface area contributed by atoms with E-state index >= 15 is 0 Å². The van der Waals surface area contributed by atoms with Crippen LogP contribution >= 0.6 is 11.8 Å². The van der Waals surface area contributed by atoms with Gasteiger partial charge in [0.25, 0.3) is 5.56 Å². The summed E-state index contributed by atoms with van der Waals surface area (Å²) in [5.74, 6) is 0.712. The van der Waals surface area contributed by atoms with Crippen molar-refractivity contribution in [2.24, 2.45) is 5.73 Å². The first kappa shape index (κ1) is 15.3. The lowest BCUT2D eigenvalue weighted by molar-refractivity contribution is -0.141. The molecule has 0 aliphatic rings. The average molecular weight is 312 g/mol. The smallest absolute Gasteiger partial charge is 0.323 e. The largest absolute Gasteiger partial charge is 0.468 e. The number of anilines is 1. The molecule has 2 aromatic rings. The number of nitrogens with two attached hydrogens (primary N) is 2. The molecule has 2 heterocycles. The minimum Gasteiger partial charge on any atom is -0.468 e. The SMILES string of the molecule is COC(=O)[C@@H](N)CSCCn1cnc2nc(N)[nH]c(=O)c21. The van der Waals surface area contributed by atoms with Gasteiger partial charge in [-0.15, -0.1) is 0 Å². The second kappa shape index (κ2) is 6.59. The summed E-state index contributed by atoms with van der Waals surface area (Å²) in [6, 6.07) is -0.649. The Bertz CT molecular complexity index is 697. The van der Waals surface area contributed by atoms with Gasteiger partial charge in [-0.3, -0.25) is 14.6 Å². The van der Waals surface area contributed by atoms with Crippen LogP contribution in [0.3, 0.4) is 0 Å². The van der Waals surface area contributed by atoms with Crippen LogP contribution in [-0.2, 0) is 16.1 Å². The summed E-state index contributed by atoms with van der Waals surface area (Å²) in [7, 11) is 1.30. The number of aryl methyl sites for hydroxylation is 1. The Hall–Kier alpha value is -2.07. The van der Waals surface area contributed by atoms with Gasteiger partial charge >= 0.3 is 5.97 Å². The molecule has 1 atom stereocenters. The number of fused-ring (bicyclic) bond motifs is 1. The number of nitrogens with one attached hydrogen (secondary N) is 1. The molecule has 0 spiro atoms. The number of aromatic nitrogens is 4. The summed E-state index contributed by atoms with van der Waals surface area (Å²) < 4.78 is 6.23. The number of carbonyl (C=O) groups excluding carboxylic acids is 1. The minimum atomic E-state index is -0.649. The van der Waals surface area contributed by atoms with Crippen molar-refractivity contribution < 1.29 is 9.53 Å². The molecule has 10 heteroatoms. The summed E-state index contributed by atoms with van der Waals surface area (Å²) >= 11 is 1.49. The van der Waals surface area contributed by atoms with E-state index in [1.807, 2.05) is 0 Å². The lowest BCUT2D eigenvalue weighted by Crippen LogP contribution is -2.34. The Morgan fingerprint density at radius 1 is 1.62 bits per heavy atom. The third-order valence-electron chi connectivity index (χ3n) is 2.78. The molecule has 2 aromatic heterocycles. The predicted octanol–water partition coefficient (Wildman–Crippen LogP) is -1.06. The van der Waals surface area contributed by atoms with Crippen LogP contribution in [0, 0.1) is 0 Å². The number of nitrogens with zero attached hydrogens (tertiary/aromatic N) is 3. The molecule has 0 bridgehead atoms. The Kier molecular flexibility index (Phi) is 4.81. The number of ether oxygens (including phenoxy) is 1. The molecular formula is C11H16N6O3S. The van der Waals surface area contributed by atoms with Gasteiger partial charge in [-0.25, -0.2) is 4.98 Å². The van der Waals surface area contributed by atoms with Crippen molar-refractivity contribution in [1.29, 1.82) is 0 Å². The maximum Gasteiger partial charge on any atom is 0.323 e. The van der Waals surface area contributed by atoms with Crippen LogP contribution in [0.4, 0.5) is 5.95 Å². The van der Waals surface area contributed by atoms with Crippen LogP contribution < -0.4 is 17.0 Å². The van der Waals surface area contributed by atoms with Gasteiger partial charge < -0.3 is 20.8 Å². The molecule has 0 aromatic carbocycles. The van der Waals surface area contributed by atoms with Crippen molar-refractivity contribution in [2.45, 2.75) is 12.6 Å². The summed E-state index contributed by atoms with van der Waals surface area (Å²) in [5.41, 5.74) is 11.4. The molecule has 0 radical (unpaired) electrons. The maximum absolute atomic E-state index is 11.8. The van der Waals surface area contributed by atoms with E-state index in [-0.39, 0.29) is 11.5 Å². The third-order valence-corrected chi connectivity index (χ3v) is 3.85. The number of H-pyrrole nitrogens is 1. The summed E-state index contributed by atoms with van der Waals surface area (Å²) in [6.07, 6.45) is 1.53. The number of rotatable bonds is 6. The number of methoxy groups -OCH3 is 1. The van der Waals surface area contributed by atoms with E-state index in [4.69, 9.17) is 11.5 Å². The highest BCUT2D eigenvalue weighted by molar-refractivity contribution is 7.99. The highest BCUT2D eigenvalue weighted by Crippen LogP contribution is 2.09. The third kappa shape index (κ3) is 3.52. The number of nitrogen functional groups attached to an aromatic ring is 1. The van der Waals surface area contributed by atoms with Crippen LogP contribution in [-0.4, -0.2) is 50.1 Å². The van der Waals surface area contributed by atoms with Crippen LogP contribution in [0.25, 0.3) is 11.2 Å². The molecule has 5 N–H and O–H groups in total. The number of hydrogen-bond donors (Lipinski definition) is 3. The summed E-state index contributed by atoms with van der Waals surface area (Å²) in [6.45, 7) is 0.545. The molecule has 2 rings (SSSR count). The summed E-state index contributed by atoms with van der Waals surface area (Å²) in [5, 5.41) is 0. The lowest BCUT2D eigenvalue weighted by Gasteiger charge is -2.09. The van der Waals surface area contributed by atoms with Crippen molar-refractivity contribution in [1.82, 2.24) is 19.5 Å². The second-order valence-electron chi connectivity index (χ2n) is 4.27. The number of carbonyl (C=O) groups is 1. The van der Waals surface area contributed by atoms with E-state index in [1.54, 1.807) is 4.57 Å². The molecule has 114 valence electrons. The van der Waals surface area contributed by atoms with Gasteiger partial charge in [0.15, 0.2) is 11.2 Å². The zero-order valence-electron chi connectivity index (χ0n) is 11.4. The number of aromatic amines is 1. The number of esters is 1. The van der Waals surface area contributed by atoms with Crippen LogP contribution in [0.1, 0.15) is 0 Å². The molecule has 0 unspecified atom stereocenters. The summed E-state index contributed by atoms with van der Waals surface area (Å²) in [4.78, 5) is 33.4. The molecule has 9 nitrogen and oxygen atoms in total. The molecule has 0 fully saturated rings.